The second kappa shape index (κ2) is 7.03. The fourth-order valence-corrected chi connectivity index (χ4v) is 3.51. The molecule has 2 aliphatic heterocycles. The maximum atomic E-state index is 12.5. The molecule has 1 aromatic carbocycles. The Kier molecular flexibility index (Phi) is 4.83. The lowest BCUT2D eigenvalue weighted by Crippen LogP contribution is -2.44. The smallest absolute Gasteiger partial charge is 0.335 e. The topological polar surface area (TPSA) is 77.9 Å². The maximum absolute atomic E-state index is 12.5. The Morgan fingerprint density at radius 1 is 1.12 bits per heavy atom. The average Bonchev–Trinajstić information content (AvgIpc) is 3.00. The van der Waals surface area contributed by atoms with E-state index in [-0.39, 0.29) is 29.8 Å². The monoisotopic (exact) mass is 330 g/mol. The zero-order valence-electron chi connectivity index (χ0n) is 13.6. The van der Waals surface area contributed by atoms with Crippen LogP contribution in [0.3, 0.4) is 0 Å². The number of hydrogen-bond donors (Lipinski definition) is 1. The molecule has 0 bridgehead atoms. The van der Waals surface area contributed by atoms with Crippen LogP contribution in [0.25, 0.3) is 0 Å². The van der Waals surface area contributed by atoms with Gasteiger partial charge in [-0.05, 0) is 37.0 Å². The SMILES string of the molecule is O=C(O)c1ccc([C@@H]2CCCN(C(=O)CN3CCCC3=O)C2)cc1. The number of carboxylic acid groups (broad SMARTS) is 1. The molecule has 6 nitrogen and oxygen atoms in total. The van der Waals surface area contributed by atoms with Crippen molar-refractivity contribution in [2.24, 2.45) is 0 Å². The standard InChI is InChI=1S/C18H22N2O4/c21-16-4-2-10-20(16)12-17(22)19-9-1-3-15(11-19)13-5-7-14(8-6-13)18(23)24/h5-8,15H,1-4,9-12H2,(H,23,24)/t15-/m1/s1. The highest BCUT2D eigenvalue weighted by Crippen LogP contribution is 2.27. The summed E-state index contributed by atoms with van der Waals surface area (Å²) >= 11 is 0. The number of likely N-dealkylation sites (tertiary alicyclic amines) is 2. The molecule has 2 aliphatic rings. The second-order valence-electron chi connectivity index (χ2n) is 6.52. The van der Waals surface area contributed by atoms with Crippen LogP contribution in [-0.2, 0) is 9.59 Å². The summed E-state index contributed by atoms with van der Waals surface area (Å²) in [5, 5.41) is 8.97. The lowest BCUT2D eigenvalue weighted by molar-refractivity contribution is -0.139. The van der Waals surface area contributed by atoms with E-state index < -0.39 is 5.97 Å². The molecule has 2 saturated heterocycles. The van der Waals surface area contributed by atoms with Crippen molar-refractivity contribution in [3.63, 3.8) is 0 Å². The summed E-state index contributed by atoms with van der Waals surface area (Å²) in [5.74, 6) is -0.629. The molecule has 0 radical (unpaired) electrons. The molecule has 3 rings (SSSR count). The van der Waals surface area contributed by atoms with E-state index >= 15 is 0 Å². The lowest BCUT2D eigenvalue weighted by atomic mass is 9.90. The average molecular weight is 330 g/mol. The van der Waals surface area contributed by atoms with Crippen LogP contribution in [0.15, 0.2) is 24.3 Å². The molecule has 0 aromatic heterocycles. The number of rotatable bonds is 4. The number of aromatic carboxylic acids is 1. The van der Waals surface area contributed by atoms with E-state index in [0.29, 0.717) is 19.5 Å². The predicted molar refractivity (Wildman–Crippen MR) is 87.8 cm³/mol. The quantitative estimate of drug-likeness (QED) is 0.912. The molecule has 0 spiro atoms. The van der Waals surface area contributed by atoms with Crippen molar-refractivity contribution < 1.29 is 19.5 Å². The van der Waals surface area contributed by atoms with Crippen molar-refractivity contribution in [1.29, 1.82) is 0 Å². The van der Waals surface area contributed by atoms with Gasteiger partial charge in [0.15, 0.2) is 0 Å². The van der Waals surface area contributed by atoms with Crippen molar-refractivity contribution in [3.8, 4) is 0 Å². The summed E-state index contributed by atoms with van der Waals surface area (Å²) < 4.78 is 0. The fourth-order valence-electron chi connectivity index (χ4n) is 3.51. The number of nitrogens with zero attached hydrogens (tertiary/aromatic N) is 2. The summed E-state index contributed by atoms with van der Waals surface area (Å²) in [7, 11) is 0. The van der Waals surface area contributed by atoms with Gasteiger partial charge in [-0.15, -0.1) is 0 Å². The highest BCUT2D eigenvalue weighted by molar-refractivity contribution is 5.87. The molecular formula is C18H22N2O4. The van der Waals surface area contributed by atoms with Gasteiger partial charge < -0.3 is 14.9 Å². The first-order chi connectivity index (χ1) is 11.5. The summed E-state index contributed by atoms with van der Waals surface area (Å²) in [6.07, 6.45) is 3.29. The highest BCUT2D eigenvalue weighted by atomic mass is 16.4. The minimum atomic E-state index is -0.933. The normalized spacial score (nSPS) is 21.2. The Morgan fingerprint density at radius 2 is 1.88 bits per heavy atom. The Labute approximate surface area is 141 Å². The second-order valence-corrected chi connectivity index (χ2v) is 6.52. The summed E-state index contributed by atoms with van der Waals surface area (Å²) in [6.45, 7) is 2.22. The lowest BCUT2D eigenvalue weighted by Gasteiger charge is -2.34. The first-order valence-corrected chi connectivity index (χ1v) is 8.43. The van der Waals surface area contributed by atoms with E-state index in [1.165, 1.54) is 0 Å². The molecule has 2 fully saturated rings. The molecule has 0 unspecified atom stereocenters. The van der Waals surface area contributed by atoms with Crippen molar-refractivity contribution >= 4 is 17.8 Å². The number of hydrogen-bond acceptors (Lipinski definition) is 3. The van der Waals surface area contributed by atoms with Gasteiger partial charge in [0.2, 0.25) is 11.8 Å². The maximum Gasteiger partial charge on any atom is 0.335 e. The van der Waals surface area contributed by atoms with Gasteiger partial charge in [-0.2, -0.15) is 0 Å². The molecular weight excluding hydrogens is 308 g/mol. The summed E-state index contributed by atoms with van der Waals surface area (Å²) in [5.41, 5.74) is 1.34. The molecule has 2 heterocycles. The Bertz CT molecular complexity index is 641. The van der Waals surface area contributed by atoms with Gasteiger partial charge in [0.1, 0.15) is 0 Å². The van der Waals surface area contributed by atoms with Crippen LogP contribution in [0, 0.1) is 0 Å². The zero-order valence-corrected chi connectivity index (χ0v) is 13.6. The van der Waals surface area contributed by atoms with Crippen LogP contribution in [0.5, 0.6) is 0 Å². The minimum absolute atomic E-state index is 0.0112. The molecule has 1 atom stereocenters. The van der Waals surface area contributed by atoms with Gasteiger partial charge in [-0.3, -0.25) is 9.59 Å². The fraction of sp³-hybridized carbons (Fsp3) is 0.500. The van der Waals surface area contributed by atoms with Crippen LogP contribution in [0.2, 0.25) is 0 Å². The number of carbonyl (C=O) groups excluding carboxylic acids is 2. The van der Waals surface area contributed by atoms with E-state index in [0.717, 1.165) is 31.4 Å². The summed E-state index contributed by atoms with van der Waals surface area (Å²) in [6, 6.07) is 6.90. The third-order valence-electron chi connectivity index (χ3n) is 4.90. The molecule has 128 valence electrons. The van der Waals surface area contributed by atoms with Gasteiger partial charge in [0, 0.05) is 32.0 Å². The minimum Gasteiger partial charge on any atom is -0.478 e. The number of carboxylic acids is 1. The first kappa shape index (κ1) is 16.5. The molecule has 6 heteroatoms. The van der Waals surface area contributed by atoms with Gasteiger partial charge >= 0.3 is 5.97 Å². The molecule has 1 N–H and O–H groups in total. The molecule has 2 amide bonds. The van der Waals surface area contributed by atoms with E-state index in [1.807, 2.05) is 17.0 Å². The van der Waals surface area contributed by atoms with E-state index in [2.05, 4.69) is 0 Å². The van der Waals surface area contributed by atoms with Crippen LogP contribution in [0.1, 0.15) is 47.5 Å². The predicted octanol–water partition coefficient (Wildman–Crippen LogP) is 1.71. The first-order valence-electron chi connectivity index (χ1n) is 8.43. The van der Waals surface area contributed by atoms with Gasteiger partial charge in [0.25, 0.3) is 0 Å². The molecule has 24 heavy (non-hydrogen) atoms. The van der Waals surface area contributed by atoms with Crippen LogP contribution < -0.4 is 0 Å². The molecule has 1 aromatic rings. The third-order valence-corrected chi connectivity index (χ3v) is 4.90. The van der Waals surface area contributed by atoms with Gasteiger partial charge in [0.05, 0.1) is 12.1 Å². The number of benzene rings is 1. The van der Waals surface area contributed by atoms with E-state index in [1.54, 1.807) is 17.0 Å². The third kappa shape index (κ3) is 3.58. The van der Waals surface area contributed by atoms with Crippen LogP contribution >= 0.6 is 0 Å². The molecule has 0 aliphatic carbocycles. The number of amides is 2. The van der Waals surface area contributed by atoms with Crippen LogP contribution in [0.4, 0.5) is 0 Å². The summed E-state index contributed by atoms with van der Waals surface area (Å²) in [4.78, 5) is 38.6. The number of carbonyl (C=O) groups is 3. The Hall–Kier alpha value is -2.37. The largest absolute Gasteiger partial charge is 0.478 e. The van der Waals surface area contributed by atoms with Crippen molar-refractivity contribution in [2.45, 2.75) is 31.6 Å². The Balaban J connectivity index is 1.62. The van der Waals surface area contributed by atoms with Gasteiger partial charge in [-0.1, -0.05) is 12.1 Å². The van der Waals surface area contributed by atoms with Crippen molar-refractivity contribution in [1.82, 2.24) is 9.80 Å². The number of piperidine rings is 1. The zero-order chi connectivity index (χ0) is 17.1. The van der Waals surface area contributed by atoms with Gasteiger partial charge in [-0.25, -0.2) is 4.79 Å². The Morgan fingerprint density at radius 3 is 2.50 bits per heavy atom. The van der Waals surface area contributed by atoms with Crippen molar-refractivity contribution in [3.05, 3.63) is 35.4 Å². The van der Waals surface area contributed by atoms with E-state index in [9.17, 15) is 14.4 Å². The molecule has 0 saturated carbocycles. The highest BCUT2D eigenvalue weighted by Gasteiger charge is 2.28. The van der Waals surface area contributed by atoms with Crippen molar-refractivity contribution in [2.75, 3.05) is 26.2 Å². The van der Waals surface area contributed by atoms with Crippen LogP contribution in [-0.4, -0.2) is 58.9 Å². The van der Waals surface area contributed by atoms with E-state index in [4.69, 9.17) is 5.11 Å².